The molecular weight excluding hydrogens is 213 g/mol. The first kappa shape index (κ1) is 9.26. The first-order valence-electron chi connectivity index (χ1n) is 3.73. The fourth-order valence-electron chi connectivity index (χ4n) is 0.975. The Bertz CT molecular complexity index is 416. The fourth-order valence-corrected chi connectivity index (χ4v) is 1.77. The van der Waals surface area contributed by atoms with E-state index in [1.165, 1.54) is 0 Å². The van der Waals surface area contributed by atoms with Gasteiger partial charge < -0.3 is 4.57 Å². The Hall–Kier alpha value is -1.30. The predicted molar refractivity (Wildman–Crippen MR) is 46.4 cm³/mol. The maximum atomic E-state index is 12.2. The molecule has 0 amide bonds. The molecule has 2 heterocycles. The van der Waals surface area contributed by atoms with Crippen LogP contribution in [0.2, 0.25) is 0 Å². The van der Waals surface area contributed by atoms with Crippen molar-refractivity contribution in [2.45, 2.75) is 6.18 Å². The quantitative estimate of drug-likeness (QED) is 0.719. The summed E-state index contributed by atoms with van der Waals surface area (Å²) in [4.78, 5) is 3.48. The van der Waals surface area contributed by atoms with Crippen molar-refractivity contribution in [2.24, 2.45) is 0 Å². The van der Waals surface area contributed by atoms with Crippen LogP contribution in [0, 0.1) is 0 Å². The third-order valence-corrected chi connectivity index (χ3v) is 2.46. The summed E-state index contributed by atoms with van der Waals surface area (Å²) in [6.07, 6.45) is -1.06. The Labute approximate surface area is 81.6 Å². The summed E-state index contributed by atoms with van der Waals surface area (Å²) in [5.74, 6) is 0. The van der Waals surface area contributed by atoms with E-state index in [1.807, 2.05) is 0 Å². The normalized spacial score (nSPS) is 11.9. The van der Waals surface area contributed by atoms with Crippen LogP contribution in [0.1, 0.15) is 5.69 Å². The van der Waals surface area contributed by atoms with Gasteiger partial charge in [0.15, 0.2) is 10.8 Å². The van der Waals surface area contributed by atoms with Crippen molar-refractivity contribution in [3.63, 3.8) is 0 Å². The minimum Gasteiger partial charge on any atom is -0.300 e. The molecule has 0 radical (unpaired) electrons. The molecule has 14 heavy (non-hydrogen) atoms. The number of hydrogen-bond donors (Lipinski definition) is 0. The molecule has 0 aromatic carbocycles. The first-order chi connectivity index (χ1) is 6.57. The lowest BCUT2D eigenvalue weighted by molar-refractivity contribution is -0.140. The van der Waals surface area contributed by atoms with Crippen molar-refractivity contribution < 1.29 is 13.2 Å². The van der Waals surface area contributed by atoms with Crippen molar-refractivity contribution in [1.82, 2.24) is 9.55 Å². The molecule has 0 saturated carbocycles. The summed E-state index contributed by atoms with van der Waals surface area (Å²) < 4.78 is 38.1. The molecule has 0 unspecified atom stereocenters. The molecule has 0 aliphatic carbocycles. The van der Waals surface area contributed by atoms with Gasteiger partial charge in [0, 0.05) is 17.8 Å². The van der Waals surface area contributed by atoms with Crippen LogP contribution in [0.25, 0.3) is 5.13 Å². The average Bonchev–Trinajstić information content (AvgIpc) is 2.73. The Morgan fingerprint density at radius 2 is 1.86 bits per heavy atom. The highest BCUT2D eigenvalue weighted by atomic mass is 32.1. The lowest BCUT2D eigenvalue weighted by Gasteiger charge is -2.00. The third-order valence-electron chi connectivity index (χ3n) is 1.61. The molecule has 0 aliphatic heterocycles. The van der Waals surface area contributed by atoms with E-state index in [4.69, 9.17) is 0 Å². The molecular formula is C8H5F3N2S. The van der Waals surface area contributed by atoms with Crippen LogP contribution < -0.4 is 0 Å². The van der Waals surface area contributed by atoms with Gasteiger partial charge in [0.2, 0.25) is 0 Å². The molecule has 0 saturated heterocycles. The van der Waals surface area contributed by atoms with Gasteiger partial charge in [-0.3, -0.25) is 0 Å². The SMILES string of the molecule is FC(F)(F)c1csc(-n2cccc2)n1. The van der Waals surface area contributed by atoms with Crippen LogP contribution >= 0.6 is 11.3 Å². The van der Waals surface area contributed by atoms with Crippen LogP contribution in [0.4, 0.5) is 13.2 Å². The topological polar surface area (TPSA) is 17.8 Å². The molecule has 2 rings (SSSR count). The van der Waals surface area contributed by atoms with E-state index >= 15 is 0 Å². The number of nitrogens with zero attached hydrogens (tertiary/aromatic N) is 2. The van der Waals surface area contributed by atoms with E-state index in [1.54, 1.807) is 29.1 Å². The molecule has 0 spiro atoms. The second kappa shape index (κ2) is 3.13. The van der Waals surface area contributed by atoms with Crippen molar-refractivity contribution in [2.75, 3.05) is 0 Å². The van der Waals surface area contributed by atoms with E-state index in [0.29, 0.717) is 5.13 Å². The second-order valence-electron chi connectivity index (χ2n) is 2.60. The van der Waals surface area contributed by atoms with Gasteiger partial charge in [0.25, 0.3) is 0 Å². The van der Waals surface area contributed by atoms with Crippen LogP contribution in [0.5, 0.6) is 0 Å². The van der Waals surface area contributed by atoms with Crippen molar-refractivity contribution in [1.29, 1.82) is 0 Å². The monoisotopic (exact) mass is 218 g/mol. The minimum absolute atomic E-state index is 0.322. The zero-order chi connectivity index (χ0) is 10.2. The van der Waals surface area contributed by atoms with E-state index in [-0.39, 0.29) is 0 Å². The molecule has 6 heteroatoms. The van der Waals surface area contributed by atoms with E-state index < -0.39 is 11.9 Å². The molecule has 0 fully saturated rings. The van der Waals surface area contributed by atoms with Gasteiger partial charge in [-0.1, -0.05) is 0 Å². The first-order valence-corrected chi connectivity index (χ1v) is 4.61. The van der Waals surface area contributed by atoms with Crippen LogP contribution in [-0.2, 0) is 6.18 Å². The van der Waals surface area contributed by atoms with Gasteiger partial charge in [0.1, 0.15) is 0 Å². The van der Waals surface area contributed by atoms with Gasteiger partial charge in [-0.15, -0.1) is 11.3 Å². The summed E-state index contributed by atoms with van der Waals surface area (Å²) >= 11 is 0.966. The minimum atomic E-state index is -4.36. The van der Waals surface area contributed by atoms with E-state index in [9.17, 15) is 13.2 Å². The smallest absolute Gasteiger partial charge is 0.300 e. The van der Waals surface area contributed by atoms with Gasteiger partial charge in [-0.25, -0.2) is 4.98 Å². The van der Waals surface area contributed by atoms with Crippen molar-refractivity contribution >= 4 is 11.3 Å². The number of hydrogen-bond acceptors (Lipinski definition) is 2. The molecule has 0 N–H and O–H groups in total. The summed E-state index contributed by atoms with van der Waals surface area (Å²) in [7, 11) is 0. The van der Waals surface area contributed by atoms with E-state index in [0.717, 1.165) is 16.7 Å². The molecule has 0 bridgehead atoms. The summed E-state index contributed by atoms with van der Waals surface area (Å²) in [5, 5.41) is 1.33. The van der Waals surface area contributed by atoms with Crippen LogP contribution in [-0.4, -0.2) is 9.55 Å². The van der Waals surface area contributed by atoms with Crippen LogP contribution in [0.3, 0.4) is 0 Å². The highest BCUT2D eigenvalue weighted by Gasteiger charge is 2.33. The van der Waals surface area contributed by atoms with Gasteiger partial charge in [0.05, 0.1) is 0 Å². The molecule has 2 aromatic heterocycles. The maximum Gasteiger partial charge on any atom is 0.434 e. The maximum absolute atomic E-state index is 12.2. The fraction of sp³-hybridized carbons (Fsp3) is 0.125. The highest BCUT2D eigenvalue weighted by molar-refractivity contribution is 7.12. The molecule has 2 nitrogen and oxygen atoms in total. The summed E-state index contributed by atoms with van der Waals surface area (Å²) in [5.41, 5.74) is -0.841. The van der Waals surface area contributed by atoms with E-state index in [2.05, 4.69) is 4.98 Å². The Kier molecular flexibility index (Phi) is 2.07. The number of thiazole rings is 1. The number of halogens is 3. The Morgan fingerprint density at radius 1 is 1.21 bits per heavy atom. The third kappa shape index (κ3) is 1.65. The number of aromatic nitrogens is 2. The summed E-state index contributed by atoms with van der Waals surface area (Å²) in [6, 6.07) is 3.46. The summed E-state index contributed by atoms with van der Waals surface area (Å²) in [6.45, 7) is 0. The molecule has 0 aliphatic rings. The zero-order valence-corrected chi connectivity index (χ0v) is 7.64. The second-order valence-corrected chi connectivity index (χ2v) is 3.44. The lowest BCUT2D eigenvalue weighted by atomic mass is 10.5. The number of rotatable bonds is 1. The van der Waals surface area contributed by atoms with Gasteiger partial charge in [-0.2, -0.15) is 13.2 Å². The standard InChI is InChI=1S/C8H5F3N2S/c9-8(10,11)6-5-14-7(12-6)13-3-1-2-4-13/h1-5H. The predicted octanol–water partition coefficient (Wildman–Crippen LogP) is 2.95. The van der Waals surface area contributed by atoms with Crippen molar-refractivity contribution in [3.8, 4) is 5.13 Å². The average molecular weight is 218 g/mol. The number of alkyl halides is 3. The largest absolute Gasteiger partial charge is 0.434 e. The van der Waals surface area contributed by atoms with Crippen LogP contribution in [0.15, 0.2) is 29.9 Å². The molecule has 74 valence electrons. The molecule has 0 atom stereocenters. The Balaban J connectivity index is 2.36. The van der Waals surface area contributed by atoms with Crippen molar-refractivity contribution in [3.05, 3.63) is 35.6 Å². The van der Waals surface area contributed by atoms with Gasteiger partial charge >= 0.3 is 6.18 Å². The van der Waals surface area contributed by atoms with Gasteiger partial charge in [-0.05, 0) is 12.1 Å². The zero-order valence-electron chi connectivity index (χ0n) is 6.82. The molecule has 2 aromatic rings. The highest BCUT2D eigenvalue weighted by Crippen LogP contribution is 2.30. The lowest BCUT2D eigenvalue weighted by Crippen LogP contribution is -2.05. The Morgan fingerprint density at radius 3 is 2.36 bits per heavy atom.